The van der Waals surface area contributed by atoms with Crippen molar-refractivity contribution in [2.24, 2.45) is 0 Å². The van der Waals surface area contributed by atoms with Gasteiger partial charge in [0, 0.05) is 23.2 Å². The van der Waals surface area contributed by atoms with Crippen LogP contribution in [0.25, 0.3) is 0 Å². The van der Waals surface area contributed by atoms with E-state index in [0.717, 1.165) is 19.6 Å². The van der Waals surface area contributed by atoms with Crippen LogP contribution in [0.5, 0.6) is 0 Å². The van der Waals surface area contributed by atoms with E-state index in [4.69, 9.17) is 4.74 Å². The Labute approximate surface area is 122 Å². The average molecular weight is 361 g/mol. The summed E-state index contributed by atoms with van der Waals surface area (Å²) in [6, 6.07) is 8.59. The lowest BCUT2D eigenvalue weighted by Crippen LogP contribution is -2.53. The third-order valence-corrected chi connectivity index (χ3v) is 3.79. The molecule has 18 heavy (non-hydrogen) atoms. The molecule has 0 aromatic heterocycles. The van der Waals surface area contributed by atoms with Crippen LogP contribution in [0, 0.1) is 3.57 Å². The van der Waals surface area contributed by atoms with Gasteiger partial charge in [0.1, 0.15) is 0 Å². The Morgan fingerprint density at radius 3 is 2.67 bits per heavy atom. The third-order valence-electron chi connectivity index (χ3n) is 3.07. The second-order valence-electron chi connectivity index (χ2n) is 5.48. The van der Waals surface area contributed by atoms with Gasteiger partial charge in [-0.3, -0.25) is 4.90 Å². The monoisotopic (exact) mass is 361 g/mol. The Bertz CT molecular complexity index is 391. The largest absolute Gasteiger partial charge is 0.394 e. The van der Waals surface area contributed by atoms with Gasteiger partial charge in [-0.2, -0.15) is 0 Å². The van der Waals surface area contributed by atoms with Crippen molar-refractivity contribution in [2.45, 2.75) is 32.1 Å². The zero-order valence-electron chi connectivity index (χ0n) is 10.9. The van der Waals surface area contributed by atoms with E-state index < -0.39 is 0 Å². The highest BCUT2D eigenvalue weighted by atomic mass is 127. The first-order chi connectivity index (χ1) is 8.48. The topological polar surface area (TPSA) is 32.7 Å². The summed E-state index contributed by atoms with van der Waals surface area (Å²) in [6.45, 7) is 6.86. The van der Waals surface area contributed by atoms with E-state index in [0.29, 0.717) is 0 Å². The van der Waals surface area contributed by atoms with Crippen molar-refractivity contribution in [3.05, 3.63) is 33.4 Å². The number of aliphatic hydroxyl groups is 1. The number of morpholine rings is 1. The predicted octanol–water partition coefficient (Wildman–Crippen LogP) is 2.26. The van der Waals surface area contributed by atoms with Crippen LogP contribution in [-0.2, 0) is 11.3 Å². The molecule has 0 amide bonds. The molecule has 1 aliphatic rings. The van der Waals surface area contributed by atoms with E-state index in [1.807, 2.05) is 0 Å². The lowest BCUT2D eigenvalue weighted by atomic mass is 10.0. The second-order valence-corrected chi connectivity index (χ2v) is 6.72. The minimum absolute atomic E-state index is 0.0717. The van der Waals surface area contributed by atoms with Gasteiger partial charge in [0.05, 0.1) is 18.3 Å². The van der Waals surface area contributed by atoms with Crippen LogP contribution in [0.4, 0.5) is 0 Å². The molecule has 4 heteroatoms. The Morgan fingerprint density at radius 2 is 2.06 bits per heavy atom. The summed E-state index contributed by atoms with van der Waals surface area (Å²) in [6.07, 6.45) is -0.0717. The number of nitrogens with zero attached hydrogens (tertiary/aromatic N) is 1. The molecular weight excluding hydrogens is 341 g/mol. The molecule has 1 aromatic rings. The van der Waals surface area contributed by atoms with Crippen LogP contribution in [0.1, 0.15) is 19.4 Å². The van der Waals surface area contributed by atoms with E-state index in [9.17, 15) is 5.11 Å². The maximum Gasteiger partial charge on any atom is 0.0940 e. The fourth-order valence-corrected chi connectivity index (χ4v) is 2.84. The van der Waals surface area contributed by atoms with Crippen LogP contribution in [0.2, 0.25) is 0 Å². The molecule has 1 N–H and O–H groups in total. The summed E-state index contributed by atoms with van der Waals surface area (Å²) < 4.78 is 7.07. The Hall–Kier alpha value is -0.170. The highest BCUT2D eigenvalue weighted by Gasteiger charge is 2.32. The molecule has 1 saturated heterocycles. The van der Waals surface area contributed by atoms with E-state index in [2.05, 4.69) is 65.6 Å². The van der Waals surface area contributed by atoms with Crippen molar-refractivity contribution in [3.63, 3.8) is 0 Å². The summed E-state index contributed by atoms with van der Waals surface area (Å²) in [4.78, 5) is 2.35. The first kappa shape index (κ1) is 14.2. The lowest BCUT2D eigenvalue weighted by molar-refractivity contribution is -0.150. The quantitative estimate of drug-likeness (QED) is 0.839. The fourth-order valence-electron chi connectivity index (χ4n) is 2.48. The molecule has 1 aliphatic heterocycles. The van der Waals surface area contributed by atoms with Gasteiger partial charge in [0.15, 0.2) is 0 Å². The second kappa shape index (κ2) is 5.86. The smallest absolute Gasteiger partial charge is 0.0940 e. The maximum atomic E-state index is 9.29. The lowest BCUT2D eigenvalue weighted by Gasteiger charge is -2.42. The zero-order chi connectivity index (χ0) is 13.2. The molecule has 0 spiro atoms. The summed E-state index contributed by atoms with van der Waals surface area (Å²) >= 11 is 2.32. The van der Waals surface area contributed by atoms with Gasteiger partial charge in [-0.05, 0) is 54.1 Å². The molecule has 0 saturated carbocycles. The highest BCUT2D eigenvalue weighted by molar-refractivity contribution is 14.1. The molecule has 1 aromatic carbocycles. The van der Waals surface area contributed by atoms with Crippen LogP contribution < -0.4 is 0 Å². The molecule has 1 fully saturated rings. The van der Waals surface area contributed by atoms with E-state index in [-0.39, 0.29) is 18.3 Å². The average Bonchev–Trinajstić information content (AvgIpc) is 2.30. The van der Waals surface area contributed by atoms with Crippen molar-refractivity contribution in [1.82, 2.24) is 4.90 Å². The van der Waals surface area contributed by atoms with Gasteiger partial charge in [-0.1, -0.05) is 12.1 Å². The van der Waals surface area contributed by atoms with Crippen molar-refractivity contribution in [1.29, 1.82) is 0 Å². The number of hydrogen-bond donors (Lipinski definition) is 1. The fraction of sp³-hybridized carbons (Fsp3) is 0.571. The zero-order valence-corrected chi connectivity index (χ0v) is 13.1. The van der Waals surface area contributed by atoms with Crippen molar-refractivity contribution in [2.75, 3.05) is 19.7 Å². The molecule has 2 rings (SSSR count). The van der Waals surface area contributed by atoms with Gasteiger partial charge >= 0.3 is 0 Å². The summed E-state index contributed by atoms with van der Waals surface area (Å²) in [5, 5.41) is 9.29. The van der Waals surface area contributed by atoms with Gasteiger partial charge < -0.3 is 9.84 Å². The summed E-state index contributed by atoms with van der Waals surface area (Å²) in [5.74, 6) is 0. The van der Waals surface area contributed by atoms with Crippen LogP contribution in [0.15, 0.2) is 24.3 Å². The van der Waals surface area contributed by atoms with Crippen molar-refractivity contribution >= 4 is 22.6 Å². The molecule has 0 bridgehead atoms. The Morgan fingerprint density at radius 1 is 1.39 bits per heavy atom. The standard InChI is InChI=1S/C14H20INO2/c1-14(2)10-16(8-13(9-17)18-14)7-11-3-5-12(15)6-4-11/h3-6,13,17H,7-10H2,1-2H3. The van der Waals surface area contributed by atoms with Gasteiger partial charge in [0.25, 0.3) is 0 Å². The molecule has 1 unspecified atom stereocenters. The summed E-state index contributed by atoms with van der Waals surface area (Å²) in [5.41, 5.74) is 1.12. The highest BCUT2D eigenvalue weighted by Crippen LogP contribution is 2.22. The Kier molecular flexibility index (Phi) is 4.64. The normalized spacial score (nSPS) is 24.1. The molecule has 3 nitrogen and oxygen atoms in total. The van der Waals surface area contributed by atoms with E-state index in [1.54, 1.807) is 0 Å². The Balaban J connectivity index is 2.02. The van der Waals surface area contributed by atoms with Crippen LogP contribution in [0.3, 0.4) is 0 Å². The number of hydrogen-bond acceptors (Lipinski definition) is 3. The molecule has 100 valence electrons. The molecule has 1 atom stereocenters. The van der Waals surface area contributed by atoms with Gasteiger partial charge in [-0.25, -0.2) is 0 Å². The van der Waals surface area contributed by atoms with E-state index >= 15 is 0 Å². The van der Waals surface area contributed by atoms with Crippen LogP contribution in [-0.4, -0.2) is 41.4 Å². The SMILES string of the molecule is CC1(C)CN(Cc2ccc(I)cc2)CC(CO)O1. The van der Waals surface area contributed by atoms with Crippen LogP contribution >= 0.6 is 22.6 Å². The number of rotatable bonds is 3. The van der Waals surface area contributed by atoms with Gasteiger partial charge in [-0.15, -0.1) is 0 Å². The third kappa shape index (κ3) is 3.91. The number of ether oxygens (including phenoxy) is 1. The number of halogens is 1. The number of aliphatic hydroxyl groups excluding tert-OH is 1. The first-order valence-corrected chi connectivity index (χ1v) is 7.32. The summed E-state index contributed by atoms with van der Waals surface area (Å²) in [7, 11) is 0. The minimum Gasteiger partial charge on any atom is -0.394 e. The molecule has 0 aliphatic carbocycles. The molecule has 0 radical (unpaired) electrons. The number of benzene rings is 1. The van der Waals surface area contributed by atoms with Crippen molar-refractivity contribution in [3.8, 4) is 0 Å². The predicted molar refractivity (Wildman–Crippen MR) is 80.5 cm³/mol. The van der Waals surface area contributed by atoms with Gasteiger partial charge in [0.2, 0.25) is 0 Å². The minimum atomic E-state index is -0.186. The maximum absolute atomic E-state index is 9.29. The molecule has 1 heterocycles. The molecular formula is C14H20INO2. The first-order valence-electron chi connectivity index (χ1n) is 6.24. The van der Waals surface area contributed by atoms with Crippen molar-refractivity contribution < 1.29 is 9.84 Å². The van der Waals surface area contributed by atoms with E-state index in [1.165, 1.54) is 9.13 Å².